The number of allylic oxidation sites excluding steroid dienone is 2. The lowest BCUT2D eigenvalue weighted by atomic mass is 9.65. The van der Waals surface area contributed by atoms with Gasteiger partial charge in [0.25, 0.3) is 0 Å². The number of carboxylic acid groups (broad SMARTS) is 2. The van der Waals surface area contributed by atoms with E-state index in [4.69, 9.17) is 14.3 Å². The van der Waals surface area contributed by atoms with Crippen molar-refractivity contribution >= 4 is 23.3 Å². The van der Waals surface area contributed by atoms with Crippen LogP contribution in [0.3, 0.4) is 0 Å². The molecule has 0 radical (unpaired) electrons. The monoisotopic (exact) mass is 612 g/mol. The van der Waals surface area contributed by atoms with Gasteiger partial charge in [-0.3, -0.25) is 9.59 Å². The Bertz CT molecular complexity index is 1990. The van der Waals surface area contributed by atoms with Crippen molar-refractivity contribution < 1.29 is 22.6 Å². The summed E-state index contributed by atoms with van der Waals surface area (Å²) in [5.41, 5.74) is 23.2. The molecule has 2 aliphatic rings. The van der Waals surface area contributed by atoms with Crippen LogP contribution in [0.2, 0.25) is 2.82 Å². The minimum Gasteiger partial charge on any atom is -0.480 e. The van der Waals surface area contributed by atoms with Gasteiger partial charge >= 0.3 is 11.9 Å². The Morgan fingerprint density at radius 3 is 1.41 bits per heavy atom. The summed E-state index contributed by atoms with van der Waals surface area (Å²) < 4.78 is 14.6. The second-order valence-corrected chi connectivity index (χ2v) is 11.8. The molecule has 10 heteroatoms. The summed E-state index contributed by atoms with van der Waals surface area (Å²) >= 11 is 0. The summed E-state index contributed by atoms with van der Waals surface area (Å²) in [6.45, 7) is 3.69. The van der Waals surface area contributed by atoms with Crippen LogP contribution < -0.4 is 11.5 Å². The SMILES string of the molecule is [H]/N=N/C1=C(N)c2ccccc2C(C(=O)O)(c2ccc(-c3ccc(C4(C(=O)O)CC(/N=N/[H])=C(N)c5ccccc54)c(C)c3)cc2C)C1. The standard InChI is InChI=1S/C36H32N6O4/c1-19-15-21(11-13-25(19)35(33(43)44)17-29(41-39)31(37)23-7-3-5-9-27(23)35)22-12-14-26(20(2)16-22)36(34(45)46)18-30(42-40)32(38)24-8-4-6-10-28(24)36/h3-16,39-40H,17-18,37-38H2,1-2H3,(H,43,44)(H,45,46)/b41-39+,42-40+. The fraction of sp³-hybridized carbons (Fsp3) is 0.167. The van der Waals surface area contributed by atoms with Gasteiger partial charge in [-0.25, -0.2) is 11.0 Å². The van der Waals surface area contributed by atoms with Gasteiger partial charge in [0.1, 0.15) is 10.8 Å². The summed E-state index contributed by atoms with van der Waals surface area (Å²) in [7, 11) is 0. The first-order chi connectivity index (χ1) is 23.0. The molecular weight excluding hydrogens is 580 g/mol. The number of nitrogens with zero attached hydrogens (tertiary/aromatic N) is 2. The van der Waals surface area contributed by atoms with E-state index in [9.17, 15) is 19.8 Å². The largest absolute Gasteiger partial charge is 0.480 e. The second-order valence-electron chi connectivity index (χ2n) is 11.8. The van der Waals surface area contributed by atoms with Crippen molar-refractivity contribution in [3.05, 3.63) is 141 Å². The lowest BCUT2D eigenvalue weighted by Gasteiger charge is -2.37. The molecule has 4 aromatic rings. The zero-order valence-corrected chi connectivity index (χ0v) is 25.2. The average molecular weight is 613 g/mol. The number of carboxylic acids is 2. The number of nitrogens with two attached hydrogens (primary N) is 2. The van der Waals surface area contributed by atoms with Crippen LogP contribution in [0.25, 0.3) is 22.5 Å². The summed E-state index contributed by atoms with van der Waals surface area (Å²) in [6.07, 6.45) is -0.165. The Morgan fingerprint density at radius 1 is 0.674 bits per heavy atom. The van der Waals surface area contributed by atoms with Crippen molar-refractivity contribution in [3.63, 3.8) is 0 Å². The van der Waals surface area contributed by atoms with Gasteiger partial charge in [-0.05, 0) is 58.4 Å². The quantitative estimate of drug-likeness (QED) is 0.123. The highest BCUT2D eigenvalue weighted by Crippen LogP contribution is 2.49. The molecule has 46 heavy (non-hydrogen) atoms. The Labute approximate surface area is 268 Å². The smallest absolute Gasteiger partial charge is 0.319 e. The maximum atomic E-state index is 13.2. The molecule has 2 unspecified atom stereocenters. The van der Waals surface area contributed by atoms with Gasteiger partial charge in [0.05, 0.1) is 22.8 Å². The van der Waals surface area contributed by atoms with Crippen LogP contribution >= 0.6 is 0 Å². The average Bonchev–Trinajstić information content (AvgIpc) is 3.07. The zero-order chi connectivity index (χ0) is 34.4. The molecule has 230 valence electrons. The van der Waals surface area contributed by atoms with Crippen LogP contribution in [0.15, 0.2) is 107 Å². The second kappa shape index (κ2) is 10.9. The Morgan fingerprint density at radius 2 is 1.07 bits per heavy atom. The number of fused-ring (bicyclic) bond motifs is 2. The van der Waals surface area contributed by atoms with Crippen molar-refractivity contribution in [2.45, 2.75) is 37.5 Å². The molecule has 0 amide bonds. The third-order valence-corrected chi connectivity index (χ3v) is 9.52. The predicted molar refractivity (Wildman–Crippen MR) is 173 cm³/mol. The summed E-state index contributed by atoms with van der Waals surface area (Å²) in [5.74, 6) is -2.16. The molecule has 2 atom stereocenters. The van der Waals surface area contributed by atoms with Crippen molar-refractivity contribution in [3.8, 4) is 11.1 Å². The van der Waals surface area contributed by atoms with E-state index in [0.29, 0.717) is 44.5 Å². The van der Waals surface area contributed by atoms with E-state index in [1.807, 2.05) is 38.1 Å². The molecular formula is C36H32N6O4. The molecule has 2 aliphatic carbocycles. The summed E-state index contributed by atoms with van der Waals surface area (Å²) in [6, 6.07) is 25.1. The molecule has 8 N–H and O–H groups in total. The molecule has 0 fully saturated rings. The number of rotatable bonds is 7. The molecule has 0 bridgehead atoms. The molecule has 10 nitrogen and oxygen atoms in total. The highest BCUT2D eigenvalue weighted by molar-refractivity contribution is 5.93. The van der Waals surface area contributed by atoms with E-state index in [-0.39, 0.29) is 35.6 Å². The Hall–Kier alpha value is -5.90. The number of carbonyl (C=O) groups is 2. The third-order valence-electron chi connectivity index (χ3n) is 9.52. The number of aryl methyl sites for hydroxylation is 2. The topological polar surface area (TPSA) is 199 Å². The number of hydrogen-bond acceptors (Lipinski definition) is 8. The van der Waals surface area contributed by atoms with Crippen LogP contribution in [-0.2, 0) is 20.4 Å². The van der Waals surface area contributed by atoms with Crippen molar-refractivity contribution in [2.24, 2.45) is 21.7 Å². The molecule has 4 aromatic carbocycles. The maximum absolute atomic E-state index is 13.2. The molecule has 0 aliphatic heterocycles. The fourth-order valence-corrected chi connectivity index (χ4v) is 7.29. The van der Waals surface area contributed by atoms with E-state index < -0.39 is 22.8 Å². The van der Waals surface area contributed by atoms with Crippen molar-refractivity contribution in [1.29, 1.82) is 11.0 Å². The molecule has 0 heterocycles. The third kappa shape index (κ3) is 4.17. The predicted octanol–water partition coefficient (Wildman–Crippen LogP) is 6.84. The van der Waals surface area contributed by atoms with Crippen LogP contribution in [0.5, 0.6) is 0 Å². The zero-order valence-electron chi connectivity index (χ0n) is 27.2. The lowest BCUT2D eigenvalue weighted by Crippen LogP contribution is -2.41. The van der Waals surface area contributed by atoms with Gasteiger partial charge in [0.2, 0.25) is 2.82 Å². The van der Waals surface area contributed by atoms with E-state index in [2.05, 4.69) is 21.3 Å². The number of nitrogens with one attached hydrogen (secondary N) is 2. The summed E-state index contributed by atoms with van der Waals surface area (Å²) in [5, 5.41) is 29.4. The van der Waals surface area contributed by atoms with Gasteiger partial charge < -0.3 is 21.7 Å². The van der Waals surface area contributed by atoms with Gasteiger partial charge in [-0.1, -0.05) is 84.9 Å². The first-order valence-electron chi connectivity index (χ1n) is 15.5. The summed E-state index contributed by atoms with van der Waals surface area (Å²) in [4.78, 5) is 26.5. The van der Waals surface area contributed by atoms with Crippen molar-refractivity contribution in [2.75, 3.05) is 0 Å². The van der Waals surface area contributed by atoms with Gasteiger partial charge in [-0.15, -0.1) is 0 Å². The van der Waals surface area contributed by atoms with Crippen molar-refractivity contribution in [1.82, 2.24) is 0 Å². The molecule has 0 aromatic heterocycles. The van der Waals surface area contributed by atoms with E-state index in [1.54, 1.807) is 60.7 Å². The van der Waals surface area contributed by atoms with Crippen LogP contribution in [0.1, 0.15) is 57.3 Å². The van der Waals surface area contributed by atoms with Gasteiger partial charge in [-0.2, -0.15) is 10.2 Å². The first kappa shape index (κ1) is 27.6. The minimum absolute atomic E-state index is 0.0823. The van der Waals surface area contributed by atoms with Gasteiger partial charge in [0.15, 0.2) is 0 Å². The normalized spacial score (nSPS) is 21.6. The van der Waals surface area contributed by atoms with E-state index >= 15 is 0 Å². The van der Waals surface area contributed by atoms with Gasteiger partial charge in [0, 0.05) is 24.0 Å². The van der Waals surface area contributed by atoms with E-state index in [0.717, 1.165) is 11.1 Å². The molecule has 0 spiro atoms. The Kier molecular flexibility index (Phi) is 6.56. The molecule has 6 rings (SSSR count). The first-order valence-corrected chi connectivity index (χ1v) is 14.6. The minimum atomic E-state index is -1.53. The molecule has 0 saturated carbocycles. The maximum Gasteiger partial charge on any atom is 0.319 e. The fourth-order valence-electron chi connectivity index (χ4n) is 7.29. The Balaban J connectivity index is 1.46. The number of benzene rings is 4. The van der Waals surface area contributed by atoms with Crippen LogP contribution in [0.4, 0.5) is 0 Å². The van der Waals surface area contributed by atoms with E-state index in [1.165, 1.54) is 0 Å². The number of aliphatic carboxylic acids is 2. The lowest BCUT2D eigenvalue weighted by molar-refractivity contribution is -0.143. The highest BCUT2D eigenvalue weighted by atomic mass is 16.4. The number of hydrogen-bond donors (Lipinski definition) is 6. The van der Waals surface area contributed by atoms with Crippen LogP contribution in [-0.4, -0.2) is 22.2 Å². The molecule has 0 saturated heterocycles. The van der Waals surface area contributed by atoms with Crippen LogP contribution in [0, 0.1) is 24.9 Å². The highest BCUT2D eigenvalue weighted by Gasteiger charge is 2.50.